The Balaban J connectivity index is 1.94. The van der Waals surface area contributed by atoms with Crippen molar-refractivity contribution in [1.29, 1.82) is 0 Å². The summed E-state index contributed by atoms with van der Waals surface area (Å²) in [5.41, 5.74) is 0.284. The summed E-state index contributed by atoms with van der Waals surface area (Å²) < 4.78 is 18.5. The van der Waals surface area contributed by atoms with Crippen LogP contribution in [0.2, 0.25) is 0 Å². The van der Waals surface area contributed by atoms with Crippen LogP contribution < -0.4 is 0 Å². The van der Waals surface area contributed by atoms with Crippen molar-refractivity contribution >= 4 is 11.9 Å². The number of ether oxygens (including phenoxy) is 1. The molecule has 1 fully saturated rings. The van der Waals surface area contributed by atoms with E-state index in [0.717, 1.165) is 0 Å². The molecule has 0 aromatic heterocycles. The van der Waals surface area contributed by atoms with Gasteiger partial charge in [0.15, 0.2) is 5.78 Å². The van der Waals surface area contributed by atoms with Gasteiger partial charge in [-0.3, -0.25) is 4.79 Å². The first-order valence-corrected chi connectivity index (χ1v) is 6.60. The molecule has 4 atom stereocenters. The molecule has 0 unspecified atom stereocenters. The van der Waals surface area contributed by atoms with Gasteiger partial charge in [-0.05, 0) is 18.2 Å². The molecule has 21 heavy (non-hydrogen) atoms. The average molecular weight is 296 g/mol. The summed E-state index contributed by atoms with van der Waals surface area (Å²) in [5, 5.41) is 28.5. The summed E-state index contributed by atoms with van der Waals surface area (Å²) in [5.74, 6) is -0.806. The van der Waals surface area contributed by atoms with Crippen LogP contribution in [0.4, 0.5) is 4.39 Å². The Kier molecular flexibility index (Phi) is 5.19. The van der Waals surface area contributed by atoms with Crippen LogP contribution in [0.1, 0.15) is 12.0 Å². The third-order valence-electron chi connectivity index (χ3n) is 3.36. The first kappa shape index (κ1) is 15.8. The van der Waals surface area contributed by atoms with Crippen molar-refractivity contribution in [2.75, 3.05) is 6.61 Å². The lowest BCUT2D eigenvalue weighted by molar-refractivity contribution is -0.188. The molecule has 1 aromatic carbocycles. The van der Waals surface area contributed by atoms with Crippen LogP contribution in [0.15, 0.2) is 30.3 Å². The predicted octanol–water partition coefficient (Wildman–Crippen LogP) is 0.280. The zero-order chi connectivity index (χ0) is 15.4. The Morgan fingerprint density at radius 2 is 2.00 bits per heavy atom. The lowest BCUT2D eigenvalue weighted by atomic mass is 9.96. The molecule has 1 heterocycles. The number of halogens is 1. The molecule has 6 heteroatoms. The van der Waals surface area contributed by atoms with E-state index in [1.165, 1.54) is 24.3 Å². The molecule has 0 amide bonds. The first-order chi connectivity index (χ1) is 9.99. The minimum absolute atomic E-state index is 0.146. The van der Waals surface area contributed by atoms with E-state index >= 15 is 0 Å². The van der Waals surface area contributed by atoms with E-state index < -0.39 is 30.2 Å². The van der Waals surface area contributed by atoms with Crippen LogP contribution in [0.3, 0.4) is 0 Å². The smallest absolute Gasteiger partial charge is 0.158 e. The van der Waals surface area contributed by atoms with Crippen molar-refractivity contribution in [2.45, 2.75) is 30.8 Å². The molecule has 0 saturated carbocycles. The zero-order valence-corrected chi connectivity index (χ0v) is 11.2. The van der Waals surface area contributed by atoms with Crippen LogP contribution in [0.25, 0.3) is 6.08 Å². The summed E-state index contributed by atoms with van der Waals surface area (Å²) in [4.78, 5) is 11.8. The molecule has 0 radical (unpaired) electrons. The van der Waals surface area contributed by atoms with Crippen molar-refractivity contribution < 1.29 is 29.2 Å². The van der Waals surface area contributed by atoms with E-state index in [1.54, 1.807) is 12.1 Å². The Labute approximate surface area is 121 Å². The van der Waals surface area contributed by atoms with Crippen molar-refractivity contribution in [1.82, 2.24) is 0 Å². The number of carbonyl (C=O) groups is 1. The standard InChI is InChI=1S/C15H17FO5/c16-11-4-2-1-3-9(11)5-6-10(17)7-13-15(20)14(19)12(18)8-21-13/h1-6,12-15,18-20H,7-8H2/b6-5+/t12-,13+,14+,15+/m1/s1. The third kappa shape index (κ3) is 3.95. The molecule has 3 N–H and O–H groups in total. The van der Waals surface area contributed by atoms with Gasteiger partial charge in [0.2, 0.25) is 0 Å². The highest BCUT2D eigenvalue weighted by molar-refractivity contribution is 5.93. The summed E-state index contributed by atoms with van der Waals surface area (Å²) in [6, 6.07) is 6.02. The van der Waals surface area contributed by atoms with Crippen molar-refractivity contribution in [2.24, 2.45) is 0 Å². The van der Waals surface area contributed by atoms with Crippen LogP contribution >= 0.6 is 0 Å². The molecule has 5 nitrogen and oxygen atoms in total. The molecule has 1 aliphatic rings. The maximum atomic E-state index is 13.4. The average Bonchev–Trinajstić information content (AvgIpc) is 2.47. The van der Waals surface area contributed by atoms with Crippen molar-refractivity contribution in [3.63, 3.8) is 0 Å². The Hall–Kier alpha value is -1.60. The van der Waals surface area contributed by atoms with Crippen molar-refractivity contribution in [3.8, 4) is 0 Å². The molecule has 1 aliphatic heterocycles. The van der Waals surface area contributed by atoms with E-state index in [-0.39, 0.29) is 24.4 Å². The zero-order valence-electron chi connectivity index (χ0n) is 11.2. The normalized spacial score (nSPS) is 29.7. The highest BCUT2D eigenvalue weighted by Crippen LogP contribution is 2.19. The van der Waals surface area contributed by atoms with E-state index in [9.17, 15) is 24.5 Å². The minimum atomic E-state index is -1.34. The highest BCUT2D eigenvalue weighted by Gasteiger charge is 2.37. The number of carbonyl (C=O) groups excluding carboxylic acids is 1. The van der Waals surface area contributed by atoms with Crippen LogP contribution in [0, 0.1) is 5.82 Å². The summed E-state index contributed by atoms with van der Waals surface area (Å²) in [6.45, 7) is -0.146. The van der Waals surface area contributed by atoms with Gasteiger partial charge in [-0.15, -0.1) is 0 Å². The highest BCUT2D eigenvalue weighted by atomic mass is 19.1. The molecule has 0 spiro atoms. The fourth-order valence-corrected chi connectivity index (χ4v) is 2.11. The van der Waals surface area contributed by atoms with Crippen LogP contribution in [0.5, 0.6) is 0 Å². The van der Waals surface area contributed by atoms with Gasteiger partial charge in [-0.1, -0.05) is 18.2 Å². The summed E-state index contributed by atoms with van der Waals surface area (Å²) in [7, 11) is 0. The van der Waals surface area contributed by atoms with Gasteiger partial charge in [0, 0.05) is 12.0 Å². The van der Waals surface area contributed by atoms with Gasteiger partial charge < -0.3 is 20.1 Å². The molecule has 1 saturated heterocycles. The molecule has 2 rings (SSSR count). The molecule has 0 bridgehead atoms. The number of ketones is 1. The second-order valence-corrected chi connectivity index (χ2v) is 4.95. The fourth-order valence-electron chi connectivity index (χ4n) is 2.11. The number of benzene rings is 1. The molecular weight excluding hydrogens is 279 g/mol. The van der Waals surface area contributed by atoms with Gasteiger partial charge >= 0.3 is 0 Å². The molecule has 0 aliphatic carbocycles. The van der Waals surface area contributed by atoms with Gasteiger partial charge in [-0.2, -0.15) is 0 Å². The maximum Gasteiger partial charge on any atom is 0.158 e. The predicted molar refractivity (Wildman–Crippen MR) is 72.8 cm³/mol. The van der Waals surface area contributed by atoms with E-state index in [0.29, 0.717) is 0 Å². The second-order valence-electron chi connectivity index (χ2n) is 4.95. The molecule has 114 valence electrons. The van der Waals surface area contributed by atoms with Gasteiger partial charge in [0.05, 0.1) is 12.7 Å². The first-order valence-electron chi connectivity index (χ1n) is 6.60. The minimum Gasteiger partial charge on any atom is -0.388 e. The van der Waals surface area contributed by atoms with Crippen LogP contribution in [-0.2, 0) is 9.53 Å². The fraction of sp³-hybridized carbons (Fsp3) is 0.400. The van der Waals surface area contributed by atoms with Gasteiger partial charge in [0.1, 0.15) is 24.1 Å². The number of aliphatic hydroxyl groups excluding tert-OH is 3. The lowest BCUT2D eigenvalue weighted by Crippen LogP contribution is -2.53. The number of allylic oxidation sites excluding steroid dienone is 1. The Morgan fingerprint density at radius 3 is 2.71 bits per heavy atom. The number of rotatable bonds is 4. The van der Waals surface area contributed by atoms with Gasteiger partial charge in [0.25, 0.3) is 0 Å². The maximum absolute atomic E-state index is 13.4. The van der Waals surface area contributed by atoms with E-state index in [4.69, 9.17) is 4.74 Å². The quantitative estimate of drug-likeness (QED) is 0.695. The number of hydrogen-bond donors (Lipinski definition) is 3. The molecular formula is C15H17FO5. The SMILES string of the molecule is O=C(/C=C/c1ccccc1F)C[C@@H]1OC[C@@H](O)[C@H](O)[C@H]1O. The monoisotopic (exact) mass is 296 g/mol. The molecule has 1 aromatic rings. The number of aliphatic hydroxyl groups is 3. The summed E-state index contributed by atoms with van der Waals surface area (Å²) >= 11 is 0. The van der Waals surface area contributed by atoms with Gasteiger partial charge in [-0.25, -0.2) is 4.39 Å². The largest absolute Gasteiger partial charge is 0.388 e. The third-order valence-corrected chi connectivity index (χ3v) is 3.36. The van der Waals surface area contributed by atoms with E-state index in [1.807, 2.05) is 0 Å². The summed E-state index contributed by atoms with van der Waals surface area (Å²) in [6.07, 6.45) is -2.34. The topological polar surface area (TPSA) is 87.0 Å². The second kappa shape index (κ2) is 6.91. The lowest BCUT2D eigenvalue weighted by Gasteiger charge is -2.34. The Bertz CT molecular complexity index is 531. The van der Waals surface area contributed by atoms with E-state index in [2.05, 4.69) is 0 Å². The number of hydrogen-bond acceptors (Lipinski definition) is 5. The Morgan fingerprint density at radius 1 is 1.29 bits per heavy atom. The van der Waals surface area contributed by atoms with Crippen LogP contribution in [-0.4, -0.2) is 52.1 Å². The van der Waals surface area contributed by atoms with Crippen molar-refractivity contribution in [3.05, 3.63) is 41.7 Å².